The van der Waals surface area contributed by atoms with Crippen LogP contribution in [0.5, 0.6) is 0 Å². The van der Waals surface area contributed by atoms with E-state index in [0.29, 0.717) is 27.9 Å². The number of carbonyl (C=O) groups excluding carboxylic acids is 1. The molecule has 1 amide bonds. The van der Waals surface area contributed by atoms with Crippen molar-refractivity contribution in [1.82, 2.24) is 9.88 Å². The molecule has 0 aliphatic rings. The van der Waals surface area contributed by atoms with Crippen LogP contribution in [0.25, 0.3) is 21.8 Å². The smallest absolute Gasteiger partial charge is 0.378 e. The summed E-state index contributed by atoms with van der Waals surface area (Å²) in [6.07, 6.45) is -4.70. The van der Waals surface area contributed by atoms with E-state index >= 15 is 0 Å². The van der Waals surface area contributed by atoms with Crippen LogP contribution in [0, 0.1) is 10.1 Å². The first-order valence-corrected chi connectivity index (χ1v) is 10.5. The Bertz CT molecular complexity index is 1440. The Labute approximate surface area is 196 Å². The zero-order valence-corrected chi connectivity index (χ0v) is 18.1. The quantitative estimate of drug-likeness (QED) is 0.176. The molecule has 0 aliphatic heterocycles. The van der Waals surface area contributed by atoms with Gasteiger partial charge in [-0.15, -0.1) is 0 Å². The number of hydrogen-bond acceptors (Lipinski definition) is 5. The zero-order chi connectivity index (χ0) is 25.2. The van der Waals surface area contributed by atoms with Gasteiger partial charge in [0.15, 0.2) is 5.43 Å². The minimum absolute atomic E-state index is 0.0452. The number of anilines is 1. The number of nitro groups is 1. The van der Waals surface area contributed by atoms with Crippen molar-refractivity contribution < 1.29 is 22.9 Å². The van der Waals surface area contributed by atoms with Crippen molar-refractivity contribution >= 4 is 39.1 Å². The Balaban J connectivity index is 1.46. The van der Waals surface area contributed by atoms with Crippen LogP contribution in [-0.2, 0) is 17.5 Å². The Morgan fingerprint density at radius 2 is 1.54 bits per heavy atom. The van der Waals surface area contributed by atoms with Crippen molar-refractivity contribution in [2.24, 2.45) is 0 Å². The van der Waals surface area contributed by atoms with Crippen molar-refractivity contribution in [3.05, 3.63) is 92.6 Å². The van der Waals surface area contributed by atoms with Crippen LogP contribution in [0.2, 0.25) is 0 Å². The number of benzene rings is 3. The molecule has 2 N–H and O–H groups in total. The molecule has 0 bridgehead atoms. The average molecular weight is 484 g/mol. The van der Waals surface area contributed by atoms with Crippen molar-refractivity contribution in [2.45, 2.75) is 12.7 Å². The lowest BCUT2D eigenvalue weighted by atomic mass is 10.1. The molecule has 11 heteroatoms. The summed E-state index contributed by atoms with van der Waals surface area (Å²) in [7, 11) is 0. The monoisotopic (exact) mass is 484 g/mol. The van der Waals surface area contributed by atoms with Crippen molar-refractivity contribution in [3.63, 3.8) is 0 Å². The highest BCUT2D eigenvalue weighted by molar-refractivity contribution is 5.94. The van der Waals surface area contributed by atoms with E-state index in [1.807, 2.05) is 0 Å². The first kappa shape index (κ1) is 23.7. The van der Waals surface area contributed by atoms with Gasteiger partial charge in [-0.25, -0.2) is 0 Å². The zero-order valence-electron chi connectivity index (χ0n) is 18.1. The molecule has 3 aromatic carbocycles. The van der Waals surface area contributed by atoms with Gasteiger partial charge < -0.3 is 15.2 Å². The van der Waals surface area contributed by atoms with Crippen LogP contribution in [0.1, 0.15) is 5.56 Å². The van der Waals surface area contributed by atoms with Gasteiger partial charge in [-0.05, 0) is 36.4 Å². The normalized spacial score (nSPS) is 11.5. The molecule has 0 spiro atoms. The third kappa shape index (κ3) is 4.93. The van der Waals surface area contributed by atoms with E-state index in [1.165, 1.54) is 0 Å². The summed E-state index contributed by atoms with van der Waals surface area (Å²) in [5, 5.41) is 17.5. The number of hydrogen-bond donors (Lipinski definition) is 2. The maximum atomic E-state index is 12.8. The predicted molar refractivity (Wildman–Crippen MR) is 125 cm³/mol. The summed E-state index contributed by atoms with van der Waals surface area (Å²) in [5.74, 6) is -0.368. The largest absolute Gasteiger partial charge is 0.416 e. The van der Waals surface area contributed by atoms with Gasteiger partial charge in [0.25, 0.3) is 5.69 Å². The fourth-order valence-corrected chi connectivity index (χ4v) is 3.85. The topological polar surface area (TPSA) is 106 Å². The lowest BCUT2D eigenvalue weighted by Gasteiger charge is -2.15. The maximum absolute atomic E-state index is 12.8. The van der Waals surface area contributed by atoms with Gasteiger partial charge >= 0.3 is 6.18 Å². The molecule has 0 radical (unpaired) electrons. The number of nitro benzene ring substituents is 1. The van der Waals surface area contributed by atoms with Crippen LogP contribution < -0.4 is 16.1 Å². The second-order valence-electron chi connectivity index (χ2n) is 7.71. The van der Waals surface area contributed by atoms with Gasteiger partial charge in [0.05, 0.1) is 21.5 Å². The molecule has 1 heterocycles. The maximum Gasteiger partial charge on any atom is 0.416 e. The summed E-state index contributed by atoms with van der Waals surface area (Å²) in [5.41, 5.74) is -0.847. The summed E-state index contributed by atoms with van der Waals surface area (Å²) >= 11 is 0. The molecule has 0 fully saturated rings. The molecule has 35 heavy (non-hydrogen) atoms. The fraction of sp³-hybridized carbons (Fsp3) is 0.167. The summed E-state index contributed by atoms with van der Waals surface area (Å²) < 4.78 is 40.3. The van der Waals surface area contributed by atoms with Gasteiger partial charge in [0, 0.05) is 29.9 Å². The molecule has 0 unspecified atom stereocenters. The fourth-order valence-electron chi connectivity index (χ4n) is 3.85. The molecule has 8 nitrogen and oxygen atoms in total. The van der Waals surface area contributed by atoms with Gasteiger partial charge in [-0.1, -0.05) is 24.3 Å². The van der Waals surface area contributed by atoms with E-state index in [1.54, 1.807) is 53.1 Å². The minimum atomic E-state index is -4.70. The second-order valence-corrected chi connectivity index (χ2v) is 7.71. The van der Waals surface area contributed by atoms with E-state index in [2.05, 4.69) is 10.6 Å². The second kappa shape index (κ2) is 9.45. The predicted octanol–water partition coefficient (Wildman–Crippen LogP) is 4.31. The van der Waals surface area contributed by atoms with Crippen LogP contribution in [0.15, 0.2) is 71.5 Å². The number of halogens is 3. The molecule has 4 rings (SSSR count). The van der Waals surface area contributed by atoms with Crippen molar-refractivity contribution in [2.75, 3.05) is 18.4 Å². The third-order valence-electron chi connectivity index (χ3n) is 5.47. The van der Waals surface area contributed by atoms with Gasteiger partial charge in [0.2, 0.25) is 5.91 Å². The van der Waals surface area contributed by atoms with Gasteiger partial charge in [0.1, 0.15) is 12.2 Å². The molecular formula is C24H19F3N4O4. The molecule has 0 atom stereocenters. The first-order chi connectivity index (χ1) is 16.7. The molecule has 1 aromatic heterocycles. The third-order valence-corrected chi connectivity index (χ3v) is 5.47. The lowest BCUT2D eigenvalue weighted by molar-refractivity contribution is -0.384. The molecule has 0 aliphatic carbocycles. The van der Waals surface area contributed by atoms with Crippen molar-refractivity contribution in [3.8, 4) is 0 Å². The van der Waals surface area contributed by atoms with E-state index in [9.17, 15) is 32.9 Å². The number of para-hydroxylation sites is 2. The number of alkyl halides is 3. The number of aromatic nitrogens is 1. The summed E-state index contributed by atoms with van der Waals surface area (Å²) in [6, 6.07) is 16.1. The van der Waals surface area contributed by atoms with Gasteiger partial charge in [-0.2, -0.15) is 13.2 Å². The Morgan fingerprint density at radius 1 is 0.943 bits per heavy atom. The lowest BCUT2D eigenvalue weighted by Crippen LogP contribution is -2.32. The van der Waals surface area contributed by atoms with E-state index in [0.717, 1.165) is 12.1 Å². The van der Waals surface area contributed by atoms with E-state index in [-0.39, 0.29) is 36.7 Å². The standard InChI is InChI=1S/C24H19F3N4O4/c25-24(26,27)15-9-10-18(21(13-15)31(34)35)28-11-12-29-22(32)14-30-19-7-3-1-5-16(19)23(33)17-6-2-4-8-20(17)30/h1-10,13,28H,11-12,14H2,(H,29,32). The molecule has 0 saturated carbocycles. The Morgan fingerprint density at radius 3 is 2.11 bits per heavy atom. The van der Waals surface area contributed by atoms with E-state index < -0.39 is 22.4 Å². The molecular weight excluding hydrogens is 465 g/mol. The van der Waals surface area contributed by atoms with Crippen molar-refractivity contribution in [1.29, 1.82) is 0 Å². The highest BCUT2D eigenvalue weighted by Crippen LogP contribution is 2.34. The minimum Gasteiger partial charge on any atom is -0.378 e. The Kier molecular flexibility index (Phi) is 6.41. The number of amides is 1. The molecule has 4 aromatic rings. The van der Waals surface area contributed by atoms with Crippen LogP contribution in [0.3, 0.4) is 0 Å². The summed E-state index contributed by atoms with van der Waals surface area (Å²) in [6.45, 7) is 0.0262. The van der Waals surface area contributed by atoms with Gasteiger partial charge in [-0.3, -0.25) is 19.7 Å². The molecule has 0 saturated heterocycles. The Hall–Kier alpha value is -4.41. The summed E-state index contributed by atoms with van der Waals surface area (Å²) in [4.78, 5) is 35.7. The SMILES string of the molecule is O=C(Cn1c2ccccc2c(=O)c2ccccc21)NCCNc1ccc(C(F)(F)F)cc1[N+](=O)[O-]. The average Bonchev–Trinajstić information content (AvgIpc) is 2.83. The number of rotatable bonds is 7. The molecule has 180 valence electrons. The van der Waals surface area contributed by atoms with Crippen LogP contribution in [0.4, 0.5) is 24.5 Å². The highest BCUT2D eigenvalue weighted by atomic mass is 19.4. The van der Waals surface area contributed by atoms with Crippen LogP contribution in [-0.4, -0.2) is 28.5 Å². The highest BCUT2D eigenvalue weighted by Gasteiger charge is 2.33. The first-order valence-electron chi connectivity index (χ1n) is 10.5. The van der Waals surface area contributed by atoms with E-state index in [4.69, 9.17) is 0 Å². The number of fused-ring (bicyclic) bond motifs is 2. The number of nitrogens with zero attached hydrogens (tertiary/aromatic N) is 2. The number of pyridine rings is 1. The number of nitrogens with one attached hydrogen (secondary N) is 2. The number of carbonyl (C=O) groups is 1. The van der Waals surface area contributed by atoms with Crippen LogP contribution >= 0.6 is 0 Å².